The first-order valence-corrected chi connectivity index (χ1v) is 6.25. The van der Waals surface area contributed by atoms with Gasteiger partial charge in [-0.25, -0.2) is 0 Å². The van der Waals surface area contributed by atoms with E-state index in [1.807, 2.05) is 0 Å². The Labute approximate surface area is 98.6 Å². The maximum atomic E-state index is 5.97. The largest absolute Gasteiger partial charge is 0.327 e. The van der Waals surface area contributed by atoms with Crippen LogP contribution in [0.15, 0.2) is 0 Å². The highest BCUT2D eigenvalue weighted by Crippen LogP contribution is 2.22. The highest BCUT2D eigenvalue weighted by molar-refractivity contribution is 7.10. The Morgan fingerprint density at radius 3 is 3.00 bits per heavy atom. The Kier molecular flexibility index (Phi) is 3.56. The standard InChI is InChI=1S/C9H15ClN4S/c1-6-2-7(11)4-14(3-6)5-8-9(10)15-13-12-8/h6-7H,2-5,11H2,1H3. The third-order valence-electron chi connectivity index (χ3n) is 2.65. The Bertz CT molecular complexity index is 320. The molecule has 2 heterocycles. The Hall–Kier alpha value is -0.230. The van der Waals surface area contributed by atoms with Gasteiger partial charge in [0.05, 0.1) is 0 Å². The molecule has 1 fully saturated rings. The quantitative estimate of drug-likeness (QED) is 0.856. The van der Waals surface area contributed by atoms with Crippen molar-refractivity contribution in [2.45, 2.75) is 25.9 Å². The molecule has 1 aliphatic heterocycles. The van der Waals surface area contributed by atoms with Crippen LogP contribution in [0.4, 0.5) is 0 Å². The molecule has 15 heavy (non-hydrogen) atoms. The highest BCUT2D eigenvalue weighted by Gasteiger charge is 2.23. The number of rotatable bonds is 2. The van der Waals surface area contributed by atoms with E-state index >= 15 is 0 Å². The second-order valence-corrected chi connectivity index (χ2v) is 5.64. The zero-order valence-electron chi connectivity index (χ0n) is 8.69. The number of halogens is 1. The maximum Gasteiger partial charge on any atom is 0.138 e. The summed E-state index contributed by atoms with van der Waals surface area (Å²) in [6.45, 7) is 5.00. The van der Waals surface area contributed by atoms with Crippen LogP contribution >= 0.6 is 23.1 Å². The SMILES string of the molecule is CC1CC(N)CN(Cc2nnsc2Cl)C1. The van der Waals surface area contributed by atoms with Crippen molar-refractivity contribution in [3.05, 3.63) is 10.0 Å². The van der Waals surface area contributed by atoms with Crippen molar-refractivity contribution in [2.24, 2.45) is 11.7 Å². The van der Waals surface area contributed by atoms with Gasteiger partial charge in [0.1, 0.15) is 10.0 Å². The van der Waals surface area contributed by atoms with E-state index in [9.17, 15) is 0 Å². The molecule has 2 N–H and O–H groups in total. The van der Waals surface area contributed by atoms with E-state index in [1.54, 1.807) is 0 Å². The Morgan fingerprint density at radius 1 is 1.60 bits per heavy atom. The first-order chi connectivity index (χ1) is 7.15. The topological polar surface area (TPSA) is 55.0 Å². The summed E-state index contributed by atoms with van der Waals surface area (Å²) >= 11 is 7.21. The lowest BCUT2D eigenvalue weighted by molar-refractivity contribution is 0.157. The fourth-order valence-corrected chi connectivity index (χ4v) is 2.76. The summed E-state index contributed by atoms with van der Waals surface area (Å²) < 4.78 is 4.52. The molecular formula is C9H15ClN4S. The van der Waals surface area contributed by atoms with Crippen molar-refractivity contribution in [2.75, 3.05) is 13.1 Å². The molecule has 4 nitrogen and oxygen atoms in total. The molecule has 1 saturated heterocycles. The van der Waals surface area contributed by atoms with Crippen molar-refractivity contribution < 1.29 is 0 Å². The van der Waals surface area contributed by atoms with Gasteiger partial charge in [-0.2, -0.15) is 0 Å². The van der Waals surface area contributed by atoms with Gasteiger partial charge in [0.15, 0.2) is 0 Å². The molecule has 2 unspecified atom stereocenters. The summed E-state index contributed by atoms with van der Waals surface area (Å²) in [7, 11) is 0. The number of hydrogen-bond donors (Lipinski definition) is 1. The normalized spacial score (nSPS) is 28.2. The number of piperidine rings is 1. The summed E-state index contributed by atoms with van der Waals surface area (Å²) in [5.74, 6) is 0.652. The molecular weight excluding hydrogens is 232 g/mol. The van der Waals surface area contributed by atoms with Crippen LogP contribution in [0.25, 0.3) is 0 Å². The first-order valence-electron chi connectivity index (χ1n) is 5.10. The van der Waals surface area contributed by atoms with Crippen LogP contribution in [0.5, 0.6) is 0 Å². The van der Waals surface area contributed by atoms with Crippen LogP contribution in [-0.2, 0) is 6.54 Å². The molecule has 1 aliphatic rings. The van der Waals surface area contributed by atoms with Crippen LogP contribution in [-0.4, -0.2) is 33.6 Å². The lowest BCUT2D eigenvalue weighted by Gasteiger charge is -2.34. The van der Waals surface area contributed by atoms with Gasteiger partial charge >= 0.3 is 0 Å². The van der Waals surface area contributed by atoms with Gasteiger partial charge in [0.2, 0.25) is 0 Å². The number of hydrogen-bond acceptors (Lipinski definition) is 5. The molecule has 0 radical (unpaired) electrons. The van der Waals surface area contributed by atoms with Gasteiger partial charge < -0.3 is 5.73 Å². The lowest BCUT2D eigenvalue weighted by atomic mass is 9.96. The molecule has 6 heteroatoms. The molecule has 1 aromatic heterocycles. The molecule has 0 aliphatic carbocycles. The summed E-state index contributed by atoms with van der Waals surface area (Å²) in [6, 6.07) is 0.277. The Morgan fingerprint density at radius 2 is 2.40 bits per heavy atom. The van der Waals surface area contributed by atoms with Crippen LogP contribution < -0.4 is 5.73 Å². The van der Waals surface area contributed by atoms with Gasteiger partial charge in [0.25, 0.3) is 0 Å². The van der Waals surface area contributed by atoms with E-state index in [0.717, 1.165) is 31.7 Å². The van der Waals surface area contributed by atoms with Crippen LogP contribution in [0.2, 0.25) is 4.34 Å². The van der Waals surface area contributed by atoms with E-state index in [1.165, 1.54) is 11.5 Å². The van der Waals surface area contributed by atoms with Gasteiger partial charge in [-0.1, -0.05) is 23.0 Å². The van der Waals surface area contributed by atoms with E-state index < -0.39 is 0 Å². The molecule has 0 spiro atoms. The summed E-state index contributed by atoms with van der Waals surface area (Å²) in [5.41, 5.74) is 6.85. The number of likely N-dealkylation sites (tertiary alicyclic amines) is 1. The van der Waals surface area contributed by atoms with Gasteiger partial charge in [-0.15, -0.1) is 5.10 Å². The van der Waals surface area contributed by atoms with Gasteiger partial charge in [-0.3, -0.25) is 4.90 Å². The van der Waals surface area contributed by atoms with Gasteiger partial charge in [0, 0.05) is 37.2 Å². The van der Waals surface area contributed by atoms with Crippen molar-refractivity contribution in [3.8, 4) is 0 Å². The maximum absolute atomic E-state index is 5.97. The lowest BCUT2D eigenvalue weighted by Crippen LogP contribution is -2.45. The molecule has 2 rings (SSSR count). The van der Waals surface area contributed by atoms with Gasteiger partial charge in [-0.05, 0) is 12.3 Å². The zero-order valence-corrected chi connectivity index (χ0v) is 10.3. The monoisotopic (exact) mass is 246 g/mol. The average molecular weight is 247 g/mol. The minimum atomic E-state index is 0.277. The second-order valence-electron chi connectivity index (χ2n) is 4.29. The van der Waals surface area contributed by atoms with Crippen LogP contribution in [0.3, 0.4) is 0 Å². The molecule has 1 aromatic rings. The predicted octanol–water partition coefficient (Wildman–Crippen LogP) is 1.36. The van der Waals surface area contributed by atoms with E-state index in [0.29, 0.717) is 10.3 Å². The van der Waals surface area contributed by atoms with Crippen molar-refractivity contribution in [1.82, 2.24) is 14.5 Å². The predicted molar refractivity (Wildman–Crippen MR) is 62.0 cm³/mol. The smallest absolute Gasteiger partial charge is 0.138 e. The van der Waals surface area contributed by atoms with Crippen LogP contribution in [0, 0.1) is 5.92 Å². The van der Waals surface area contributed by atoms with Crippen LogP contribution in [0.1, 0.15) is 19.0 Å². The third kappa shape index (κ3) is 2.87. The zero-order chi connectivity index (χ0) is 10.8. The summed E-state index contributed by atoms with van der Waals surface area (Å²) in [6.07, 6.45) is 1.11. The molecule has 84 valence electrons. The summed E-state index contributed by atoms with van der Waals surface area (Å²) in [4.78, 5) is 2.31. The summed E-state index contributed by atoms with van der Waals surface area (Å²) in [5, 5.41) is 4.01. The fraction of sp³-hybridized carbons (Fsp3) is 0.778. The van der Waals surface area contributed by atoms with Crippen molar-refractivity contribution in [3.63, 3.8) is 0 Å². The van der Waals surface area contributed by atoms with Crippen molar-refractivity contribution >= 4 is 23.1 Å². The van der Waals surface area contributed by atoms with E-state index in [4.69, 9.17) is 17.3 Å². The molecule has 2 atom stereocenters. The average Bonchev–Trinajstić information content (AvgIpc) is 2.50. The number of aromatic nitrogens is 2. The minimum absolute atomic E-state index is 0.277. The molecule has 0 amide bonds. The first kappa shape index (κ1) is 11.3. The van der Waals surface area contributed by atoms with E-state index in [-0.39, 0.29) is 6.04 Å². The Balaban J connectivity index is 1.97. The third-order valence-corrected chi connectivity index (χ3v) is 3.63. The molecule has 0 bridgehead atoms. The minimum Gasteiger partial charge on any atom is -0.327 e. The highest BCUT2D eigenvalue weighted by atomic mass is 35.5. The van der Waals surface area contributed by atoms with E-state index in [2.05, 4.69) is 21.4 Å². The van der Waals surface area contributed by atoms with Crippen molar-refractivity contribution in [1.29, 1.82) is 0 Å². The molecule has 0 saturated carbocycles. The fourth-order valence-electron chi connectivity index (χ4n) is 2.15. The molecule has 0 aromatic carbocycles. The number of nitrogens with zero attached hydrogens (tertiary/aromatic N) is 3. The number of nitrogens with two attached hydrogens (primary N) is 1. The second kappa shape index (κ2) is 4.74.